The molecule has 0 spiro atoms. The minimum Gasteiger partial charge on any atom is -0.461 e. The fourth-order valence-corrected chi connectivity index (χ4v) is 3.37. The standard InChI is InChI=1S/C14H20O7S2/c1-8(2)6-20-13(15)10-5-11(23(17,18)19)12(22-10)14(16)21-7-9(3)4/h5,8-9H,6-7H2,1-4H3,(H,17,18,19). The summed E-state index contributed by atoms with van der Waals surface area (Å²) in [6.45, 7) is 7.58. The zero-order valence-electron chi connectivity index (χ0n) is 13.4. The van der Waals surface area contributed by atoms with Crippen molar-refractivity contribution in [2.24, 2.45) is 11.8 Å². The lowest BCUT2D eigenvalue weighted by Gasteiger charge is -2.06. The molecule has 0 amide bonds. The van der Waals surface area contributed by atoms with Gasteiger partial charge in [0.25, 0.3) is 10.1 Å². The molecule has 1 rings (SSSR count). The van der Waals surface area contributed by atoms with Crippen molar-refractivity contribution in [2.45, 2.75) is 32.6 Å². The van der Waals surface area contributed by atoms with Crippen LogP contribution in [0.3, 0.4) is 0 Å². The first-order valence-electron chi connectivity index (χ1n) is 6.98. The first-order chi connectivity index (χ1) is 10.5. The Balaban J connectivity index is 3.09. The molecule has 23 heavy (non-hydrogen) atoms. The number of thiophene rings is 1. The maximum atomic E-state index is 12.0. The number of hydrogen-bond acceptors (Lipinski definition) is 7. The van der Waals surface area contributed by atoms with Crippen molar-refractivity contribution in [2.75, 3.05) is 13.2 Å². The van der Waals surface area contributed by atoms with Crippen LogP contribution in [0.25, 0.3) is 0 Å². The average molecular weight is 364 g/mol. The van der Waals surface area contributed by atoms with E-state index in [0.717, 1.165) is 6.07 Å². The van der Waals surface area contributed by atoms with E-state index in [4.69, 9.17) is 9.47 Å². The van der Waals surface area contributed by atoms with Crippen molar-refractivity contribution in [1.82, 2.24) is 0 Å². The predicted octanol–water partition coefficient (Wildman–Crippen LogP) is 2.62. The van der Waals surface area contributed by atoms with Gasteiger partial charge in [0.15, 0.2) is 0 Å². The topological polar surface area (TPSA) is 107 Å². The van der Waals surface area contributed by atoms with E-state index in [9.17, 15) is 22.6 Å². The molecule has 0 bridgehead atoms. The molecule has 1 aromatic heterocycles. The second-order valence-electron chi connectivity index (χ2n) is 5.76. The molecule has 0 saturated heterocycles. The van der Waals surface area contributed by atoms with Crippen LogP contribution in [0.2, 0.25) is 0 Å². The molecular formula is C14H20O7S2. The molecule has 0 saturated carbocycles. The molecule has 0 aliphatic heterocycles. The van der Waals surface area contributed by atoms with E-state index in [-0.39, 0.29) is 34.8 Å². The second-order valence-corrected chi connectivity index (χ2v) is 8.21. The highest BCUT2D eigenvalue weighted by molar-refractivity contribution is 7.86. The van der Waals surface area contributed by atoms with Gasteiger partial charge in [-0.25, -0.2) is 9.59 Å². The van der Waals surface area contributed by atoms with E-state index in [2.05, 4.69) is 0 Å². The van der Waals surface area contributed by atoms with E-state index in [1.165, 1.54) is 0 Å². The van der Waals surface area contributed by atoms with Crippen LogP contribution in [0.5, 0.6) is 0 Å². The van der Waals surface area contributed by atoms with Crippen molar-refractivity contribution in [1.29, 1.82) is 0 Å². The molecule has 0 fully saturated rings. The van der Waals surface area contributed by atoms with Crippen LogP contribution in [0.1, 0.15) is 47.0 Å². The summed E-state index contributed by atoms with van der Waals surface area (Å²) in [5.41, 5.74) is 0. The summed E-state index contributed by atoms with van der Waals surface area (Å²) in [5.74, 6) is -1.49. The molecule has 0 aromatic carbocycles. The highest BCUT2D eigenvalue weighted by atomic mass is 32.2. The number of rotatable bonds is 7. The molecule has 0 atom stereocenters. The Morgan fingerprint density at radius 2 is 1.57 bits per heavy atom. The molecule has 0 radical (unpaired) electrons. The zero-order valence-corrected chi connectivity index (χ0v) is 15.0. The summed E-state index contributed by atoms with van der Waals surface area (Å²) in [7, 11) is -4.66. The van der Waals surface area contributed by atoms with Gasteiger partial charge in [-0.2, -0.15) is 8.42 Å². The van der Waals surface area contributed by atoms with Crippen LogP contribution in [0.4, 0.5) is 0 Å². The molecule has 0 unspecified atom stereocenters. The summed E-state index contributed by atoms with van der Waals surface area (Å²) in [4.78, 5) is 22.8. The van der Waals surface area contributed by atoms with Gasteiger partial charge in [0.1, 0.15) is 14.6 Å². The van der Waals surface area contributed by atoms with E-state index in [1.807, 2.05) is 27.7 Å². The molecule has 7 nitrogen and oxygen atoms in total. The van der Waals surface area contributed by atoms with Crippen molar-refractivity contribution in [3.63, 3.8) is 0 Å². The van der Waals surface area contributed by atoms with Crippen LogP contribution in [-0.4, -0.2) is 38.1 Å². The summed E-state index contributed by atoms with van der Waals surface area (Å²) >= 11 is 0.618. The van der Waals surface area contributed by atoms with E-state index >= 15 is 0 Å². The molecule has 130 valence electrons. The molecule has 0 aliphatic carbocycles. The Bertz CT molecular complexity index is 671. The Kier molecular flexibility index (Phi) is 6.72. The molecule has 1 N–H and O–H groups in total. The Morgan fingerprint density at radius 1 is 1.09 bits per heavy atom. The number of esters is 2. The third-order valence-corrected chi connectivity index (χ3v) is 4.56. The van der Waals surface area contributed by atoms with Gasteiger partial charge in [-0.1, -0.05) is 27.7 Å². The molecule has 1 heterocycles. The van der Waals surface area contributed by atoms with E-state index in [0.29, 0.717) is 11.3 Å². The largest absolute Gasteiger partial charge is 0.461 e. The van der Waals surface area contributed by atoms with Gasteiger partial charge < -0.3 is 9.47 Å². The molecular weight excluding hydrogens is 344 g/mol. The highest BCUT2D eigenvalue weighted by Gasteiger charge is 2.28. The summed E-state index contributed by atoms with van der Waals surface area (Å²) in [6, 6.07) is 0.925. The smallest absolute Gasteiger partial charge is 0.349 e. The Morgan fingerprint density at radius 3 is 2.00 bits per heavy atom. The van der Waals surface area contributed by atoms with Crippen LogP contribution < -0.4 is 0 Å². The summed E-state index contributed by atoms with van der Waals surface area (Å²) in [6.07, 6.45) is 0. The minimum absolute atomic E-state index is 0.0589. The van der Waals surface area contributed by atoms with Gasteiger partial charge >= 0.3 is 11.9 Å². The maximum absolute atomic E-state index is 12.0. The fraction of sp³-hybridized carbons (Fsp3) is 0.571. The first-order valence-corrected chi connectivity index (χ1v) is 9.23. The lowest BCUT2D eigenvalue weighted by molar-refractivity contribution is 0.0455. The number of carbonyl (C=O) groups excluding carboxylic acids is 2. The van der Waals surface area contributed by atoms with Gasteiger partial charge in [0, 0.05) is 0 Å². The molecule has 1 aromatic rings. The Labute approximate surface area is 139 Å². The molecule has 0 aliphatic rings. The van der Waals surface area contributed by atoms with Gasteiger partial charge in [-0.3, -0.25) is 4.55 Å². The normalized spacial score (nSPS) is 11.8. The van der Waals surface area contributed by atoms with Crippen molar-refractivity contribution < 1.29 is 32.0 Å². The van der Waals surface area contributed by atoms with Crippen LogP contribution in [-0.2, 0) is 19.6 Å². The first kappa shape index (κ1) is 19.6. The lowest BCUT2D eigenvalue weighted by atomic mass is 10.2. The Hall–Kier alpha value is -1.45. The zero-order chi connectivity index (χ0) is 17.8. The number of carbonyl (C=O) groups is 2. The van der Waals surface area contributed by atoms with Crippen molar-refractivity contribution >= 4 is 33.4 Å². The van der Waals surface area contributed by atoms with Crippen molar-refractivity contribution in [3.05, 3.63) is 15.8 Å². The monoisotopic (exact) mass is 364 g/mol. The maximum Gasteiger partial charge on any atom is 0.349 e. The van der Waals surface area contributed by atoms with E-state index in [1.54, 1.807) is 0 Å². The summed E-state index contributed by atoms with van der Waals surface area (Å²) < 4.78 is 42.0. The van der Waals surface area contributed by atoms with Crippen molar-refractivity contribution in [3.8, 4) is 0 Å². The minimum atomic E-state index is -4.66. The fourth-order valence-electron chi connectivity index (χ4n) is 1.43. The lowest BCUT2D eigenvalue weighted by Crippen LogP contribution is -2.12. The third-order valence-electron chi connectivity index (χ3n) is 2.46. The van der Waals surface area contributed by atoms with Gasteiger partial charge in [-0.15, -0.1) is 11.3 Å². The predicted molar refractivity (Wildman–Crippen MR) is 84.4 cm³/mol. The average Bonchev–Trinajstić information content (AvgIpc) is 2.87. The summed E-state index contributed by atoms with van der Waals surface area (Å²) in [5, 5.41) is 0. The van der Waals surface area contributed by atoms with Gasteiger partial charge in [0.2, 0.25) is 0 Å². The van der Waals surface area contributed by atoms with Crippen LogP contribution in [0.15, 0.2) is 11.0 Å². The SMILES string of the molecule is CC(C)COC(=O)c1cc(S(=O)(=O)O)c(C(=O)OCC(C)C)s1. The molecule has 9 heteroatoms. The second kappa shape index (κ2) is 7.89. The quantitative estimate of drug-likeness (QED) is 0.585. The number of ether oxygens (including phenoxy) is 2. The highest BCUT2D eigenvalue weighted by Crippen LogP contribution is 2.28. The van der Waals surface area contributed by atoms with E-state index < -0.39 is 27.0 Å². The van der Waals surface area contributed by atoms with Gasteiger partial charge in [-0.05, 0) is 17.9 Å². The van der Waals surface area contributed by atoms with Crippen LogP contribution in [0, 0.1) is 11.8 Å². The van der Waals surface area contributed by atoms with Crippen LogP contribution >= 0.6 is 11.3 Å². The van der Waals surface area contributed by atoms with Gasteiger partial charge in [0.05, 0.1) is 13.2 Å². The number of hydrogen-bond donors (Lipinski definition) is 1. The third kappa shape index (κ3) is 5.92.